The van der Waals surface area contributed by atoms with E-state index in [2.05, 4.69) is 23.1 Å². The molecule has 19 heavy (non-hydrogen) atoms. The lowest BCUT2D eigenvalue weighted by atomic mass is 10.1. The van der Waals surface area contributed by atoms with Crippen LogP contribution in [-0.2, 0) is 13.5 Å². The van der Waals surface area contributed by atoms with E-state index in [1.165, 1.54) is 10.3 Å². The van der Waals surface area contributed by atoms with Gasteiger partial charge in [-0.25, -0.2) is 4.98 Å². The minimum Gasteiger partial charge on any atom is -0.322 e. The van der Waals surface area contributed by atoms with E-state index >= 15 is 0 Å². The summed E-state index contributed by atoms with van der Waals surface area (Å²) in [6.45, 7) is 2.06. The summed E-state index contributed by atoms with van der Waals surface area (Å²) in [5.74, 6) is 0. The Labute approximate surface area is 115 Å². The number of nitrogens with zero attached hydrogens (tertiary/aromatic N) is 3. The van der Waals surface area contributed by atoms with Gasteiger partial charge in [0.25, 0.3) is 0 Å². The van der Waals surface area contributed by atoms with E-state index in [4.69, 9.17) is 5.73 Å². The first-order valence-electron chi connectivity index (χ1n) is 6.23. The molecule has 3 aromatic rings. The van der Waals surface area contributed by atoms with Crippen LogP contribution in [0, 0.1) is 6.92 Å². The molecule has 2 heterocycles. The molecule has 0 saturated carbocycles. The van der Waals surface area contributed by atoms with Crippen LogP contribution in [-0.4, -0.2) is 14.8 Å². The van der Waals surface area contributed by atoms with Crippen LogP contribution in [0.5, 0.6) is 0 Å². The van der Waals surface area contributed by atoms with Crippen molar-refractivity contribution in [3.8, 4) is 0 Å². The van der Waals surface area contributed by atoms with Gasteiger partial charge >= 0.3 is 0 Å². The molecule has 0 aliphatic rings. The van der Waals surface area contributed by atoms with E-state index in [1.807, 2.05) is 36.1 Å². The van der Waals surface area contributed by atoms with Gasteiger partial charge in [0.1, 0.15) is 5.01 Å². The zero-order chi connectivity index (χ0) is 13.4. The highest BCUT2D eigenvalue weighted by molar-refractivity contribution is 7.18. The lowest BCUT2D eigenvalue weighted by molar-refractivity contribution is 0.704. The number of hydrogen-bond acceptors (Lipinski definition) is 4. The molecular formula is C14H16N4S. The molecule has 5 heteroatoms. The summed E-state index contributed by atoms with van der Waals surface area (Å²) in [4.78, 5) is 4.61. The number of thiazole rings is 1. The van der Waals surface area contributed by atoms with Gasteiger partial charge in [0.05, 0.1) is 22.5 Å². The Morgan fingerprint density at radius 3 is 2.84 bits per heavy atom. The summed E-state index contributed by atoms with van der Waals surface area (Å²) in [5, 5.41) is 5.24. The van der Waals surface area contributed by atoms with Crippen molar-refractivity contribution in [1.82, 2.24) is 14.8 Å². The second-order valence-electron chi connectivity index (χ2n) is 4.71. The van der Waals surface area contributed by atoms with Crippen molar-refractivity contribution >= 4 is 21.6 Å². The molecule has 0 saturated heterocycles. The Morgan fingerprint density at radius 1 is 1.37 bits per heavy atom. The zero-order valence-corrected chi connectivity index (χ0v) is 11.8. The molecule has 2 N–H and O–H groups in total. The smallest absolute Gasteiger partial charge is 0.111 e. The molecule has 0 amide bonds. The number of aryl methyl sites for hydroxylation is 1. The quantitative estimate of drug-likeness (QED) is 0.797. The van der Waals surface area contributed by atoms with Crippen LogP contribution >= 0.6 is 11.3 Å². The number of rotatable bonds is 3. The maximum atomic E-state index is 6.28. The molecule has 0 radical (unpaired) electrons. The van der Waals surface area contributed by atoms with Crippen molar-refractivity contribution in [3.63, 3.8) is 0 Å². The fraction of sp³-hybridized carbons (Fsp3) is 0.286. The summed E-state index contributed by atoms with van der Waals surface area (Å²) >= 11 is 1.67. The standard InChI is InChI=1S/C14H16N4S/c1-9-10(8-16-18(9)2)7-11(15)14-17-12-5-3-4-6-13(12)19-14/h3-6,8,11H,7,15H2,1-2H3. The van der Waals surface area contributed by atoms with Gasteiger partial charge in [0.2, 0.25) is 0 Å². The van der Waals surface area contributed by atoms with E-state index in [9.17, 15) is 0 Å². The molecule has 0 bridgehead atoms. The van der Waals surface area contributed by atoms with Crippen molar-refractivity contribution in [2.45, 2.75) is 19.4 Å². The number of fused-ring (bicyclic) bond motifs is 1. The third-order valence-corrected chi connectivity index (χ3v) is 4.57. The number of benzene rings is 1. The Balaban J connectivity index is 1.87. The van der Waals surface area contributed by atoms with Crippen LogP contribution in [0.3, 0.4) is 0 Å². The average molecular weight is 272 g/mol. The third kappa shape index (κ3) is 2.27. The Hall–Kier alpha value is -1.72. The molecule has 1 unspecified atom stereocenters. The SMILES string of the molecule is Cc1c(CC(N)c2nc3ccccc3s2)cnn1C. The monoisotopic (exact) mass is 272 g/mol. The predicted octanol–water partition coefficient (Wildman–Crippen LogP) is 2.58. The Bertz CT molecular complexity index is 680. The van der Waals surface area contributed by atoms with Gasteiger partial charge in [0, 0.05) is 12.7 Å². The van der Waals surface area contributed by atoms with Crippen LogP contribution in [0.4, 0.5) is 0 Å². The first-order valence-corrected chi connectivity index (χ1v) is 7.05. The van der Waals surface area contributed by atoms with E-state index in [0.29, 0.717) is 0 Å². The van der Waals surface area contributed by atoms with Crippen molar-refractivity contribution < 1.29 is 0 Å². The van der Waals surface area contributed by atoms with Crippen LogP contribution in [0.15, 0.2) is 30.5 Å². The predicted molar refractivity (Wildman–Crippen MR) is 78.2 cm³/mol. The van der Waals surface area contributed by atoms with E-state index in [1.54, 1.807) is 11.3 Å². The molecule has 1 atom stereocenters. The van der Waals surface area contributed by atoms with Crippen LogP contribution in [0.25, 0.3) is 10.2 Å². The van der Waals surface area contributed by atoms with E-state index in [-0.39, 0.29) is 6.04 Å². The number of nitrogens with two attached hydrogens (primary N) is 1. The third-order valence-electron chi connectivity index (χ3n) is 3.40. The molecule has 0 aliphatic carbocycles. The number of hydrogen-bond donors (Lipinski definition) is 1. The first kappa shape index (κ1) is 12.3. The normalized spacial score (nSPS) is 13.0. The van der Waals surface area contributed by atoms with Crippen molar-refractivity contribution in [2.24, 2.45) is 12.8 Å². The van der Waals surface area contributed by atoms with Crippen LogP contribution in [0.1, 0.15) is 22.3 Å². The summed E-state index contributed by atoms with van der Waals surface area (Å²) in [6, 6.07) is 8.07. The average Bonchev–Trinajstić information content (AvgIpc) is 2.97. The van der Waals surface area contributed by atoms with Gasteiger partial charge in [-0.05, 0) is 31.0 Å². The lowest BCUT2D eigenvalue weighted by Gasteiger charge is -2.07. The summed E-state index contributed by atoms with van der Waals surface area (Å²) in [5.41, 5.74) is 9.66. The van der Waals surface area contributed by atoms with Gasteiger partial charge in [-0.1, -0.05) is 12.1 Å². The largest absolute Gasteiger partial charge is 0.322 e. The summed E-state index contributed by atoms with van der Waals surface area (Å²) < 4.78 is 3.07. The number of aromatic nitrogens is 3. The Kier molecular flexibility index (Phi) is 3.08. The topological polar surface area (TPSA) is 56.7 Å². The van der Waals surface area contributed by atoms with Crippen LogP contribution in [0.2, 0.25) is 0 Å². The van der Waals surface area contributed by atoms with E-state index < -0.39 is 0 Å². The minimum atomic E-state index is -0.0692. The molecule has 0 fully saturated rings. The summed E-state index contributed by atoms with van der Waals surface area (Å²) in [7, 11) is 1.95. The van der Waals surface area contributed by atoms with Gasteiger partial charge in [-0.2, -0.15) is 5.10 Å². The fourth-order valence-electron chi connectivity index (χ4n) is 2.12. The maximum absolute atomic E-state index is 6.28. The highest BCUT2D eigenvalue weighted by Crippen LogP contribution is 2.27. The molecule has 0 aliphatic heterocycles. The zero-order valence-electron chi connectivity index (χ0n) is 11.0. The molecule has 98 valence electrons. The van der Waals surface area contributed by atoms with Gasteiger partial charge in [-0.15, -0.1) is 11.3 Å². The highest BCUT2D eigenvalue weighted by Gasteiger charge is 2.15. The summed E-state index contributed by atoms with van der Waals surface area (Å²) in [6.07, 6.45) is 2.67. The molecule has 1 aromatic carbocycles. The molecular weight excluding hydrogens is 256 g/mol. The lowest BCUT2D eigenvalue weighted by Crippen LogP contribution is -2.13. The first-order chi connectivity index (χ1) is 9.15. The second kappa shape index (κ2) is 4.75. The second-order valence-corrected chi connectivity index (χ2v) is 5.77. The molecule has 4 nitrogen and oxygen atoms in total. The maximum Gasteiger partial charge on any atom is 0.111 e. The van der Waals surface area contributed by atoms with Crippen molar-refractivity contribution in [3.05, 3.63) is 46.7 Å². The fourth-order valence-corrected chi connectivity index (χ4v) is 3.09. The number of para-hydroxylation sites is 1. The molecule has 3 rings (SSSR count). The van der Waals surface area contributed by atoms with Crippen molar-refractivity contribution in [1.29, 1.82) is 0 Å². The highest BCUT2D eigenvalue weighted by atomic mass is 32.1. The van der Waals surface area contributed by atoms with Gasteiger partial charge < -0.3 is 5.73 Å². The van der Waals surface area contributed by atoms with Crippen molar-refractivity contribution in [2.75, 3.05) is 0 Å². The Morgan fingerprint density at radius 2 is 2.16 bits per heavy atom. The molecule has 0 spiro atoms. The minimum absolute atomic E-state index is 0.0692. The molecule has 2 aromatic heterocycles. The van der Waals surface area contributed by atoms with Gasteiger partial charge in [-0.3, -0.25) is 4.68 Å². The van der Waals surface area contributed by atoms with Gasteiger partial charge in [0.15, 0.2) is 0 Å². The van der Waals surface area contributed by atoms with E-state index in [0.717, 1.165) is 22.6 Å². The van der Waals surface area contributed by atoms with Crippen LogP contribution < -0.4 is 5.73 Å².